The number of benzene rings is 3. The molecule has 2 atom stereocenters. The van der Waals surface area contributed by atoms with E-state index in [1.54, 1.807) is 24.3 Å². The number of unbranched alkanes of at least 4 members (excludes halogenated alkanes) is 1. The summed E-state index contributed by atoms with van der Waals surface area (Å²) in [6.45, 7) is 3.38. The second kappa shape index (κ2) is 13.6. The zero-order valence-electron chi connectivity index (χ0n) is 26.3. The highest BCUT2D eigenvalue weighted by Crippen LogP contribution is 2.55. The van der Waals surface area contributed by atoms with E-state index in [0.717, 1.165) is 23.1 Å². The third-order valence-corrected chi connectivity index (χ3v) is 11.8. The van der Waals surface area contributed by atoms with E-state index in [-0.39, 0.29) is 28.1 Å². The normalized spacial score (nSPS) is 20.6. The van der Waals surface area contributed by atoms with Crippen molar-refractivity contribution in [3.8, 4) is 11.1 Å². The fraction of sp³-hybridized carbons (Fsp3) is 0.324. The lowest BCUT2D eigenvalue weighted by molar-refractivity contribution is -0.678. The lowest BCUT2D eigenvalue weighted by Crippen LogP contribution is -2.55. The molecule has 0 saturated carbocycles. The van der Waals surface area contributed by atoms with Crippen molar-refractivity contribution < 1.29 is 34.9 Å². The molecule has 10 nitrogen and oxygen atoms in total. The van der Waals surface area contributed by atoms with Gasteiger partial charge in [-0.1, -0.05) is 66.5 Å². The third-order valence-electron chi connectivity index (χ3n) is 9.01. The molecule has 1 spiro atoms. The zero-order valence-corrected chi connectivity index (χ0v) is 29.4. The predicted octanol–water partition coefficient (Wildman–Crippen LogP) is 7.12. The van der Waals surface area contributed by atoms with Gasteiger partial charge in [-0.15, -0.1) is 0 Å². The van der Waals surface area contributed by atoms with Crippen molar-refractivity contribution in [3.05, 3.63) is 94.6 Å². The molecule has 0 radical (unpaired) electrons. The molecule has 254 valence electrons. The Bertz CT molecular complexity index is 2130. The molecule has 3 aromatic carbocycles. The van der Waals surface area contributed by atoms with Gasteiger partial charge in [0, 0.05) is 44.0 Å². The van der Waals surface area contributed by atoms with Crippen LogP contribution in [0, 0.1) is 0 Å². The molecule has 0 amide bonds. The maximum absolute atomic E-state index is 12.8. The van der Waals surface area contributed by atoms with Gasteiger partial charge in [0.15, 0.2) is 27.7 Å². The number of aromatic nitrogens is 1. The summed E-state index contributed by atoms with van der Waals surface area (Å²) in [6, 6.07) is 19.2. The molecule has 3 heterocycles. The third kappa shape index (κ3) is 6.67. The summed E-state index contributed by atoms with van der Waals surface area (Å²) in [4.78, 5) is 2.01. The van der Waals surface area contributed by atoms with E-state index in [2.05, 4.69) is 0 Å². The average molecular weight is 734 g/mol. The van der Waals surface area contributed by atoms with E-state index < -0.39 is 25.6 Å². The van der Waals surface area contributed by atoms with Crippen LogP contribution in [0.3, 0.4) is 0 Å². The zero-order chi connectivity index (χ0) is 34.3. The molecule has 2 aliphatic rings. The molecule has 1 aromatic heterocycles. The smallest absolute Gasteiger partial charge is 0.374 e. The molecule has 6 rings (SSSR count). The highest BCUT2D eigenvalue weighted by Gasteiger charge is 2.58. The van der Waals surface area contributed by atoms with Crippen LogP contribution in [0.2, 0.25) is 10.0 Å². The van der Waals surface area contributed by atoms with Crippen LogP contribution < -0.4 is 14.0 Å². The van der Waals surface area contributed by atoms with E-state index in [1.165, 1.54) is 0 Å². The van der Waals surface area contributed by atoms with Crippen molar-refractivity contribution in [3.63, 3.8) is 0 Å². The Balaban J connectivity index is 1.45. The Labute approximate surface area is 290 Å². The number of anilines is 1. The minimum Gasteiger partial charge on any atom is -0.743 e. The maximum Gasteiger partial charge on any atom is 0.374 e. The van der Waals surface area contributed by atoms with Crippen LogP contribution in [0.1, 0.15) is 44.9 Å². The first-order chi connectivity index (χ1) is 22.8. The van der Waals surface area contributed by atoms with Crippen LogP contribution in [-0.4, -0.2) is 50.2 Å². The average Bonchev–Trinajstić information content (AvgIpc) is 3.70. The number of nitrogens with zero attached hydrogens (tertiary/aromatic N) is 3. The van der Waals surface area contributed by atoms with Crippen molar-refractivity contribution in [2.45, 2.75) is 50.9 Å². The van der Waals surface area contributed by atoms with Crippen LogP contribution in [0.5, 0.6) is 0 Å². The van der Waals surface area contributed by atoms with E-state index in [4.69, 9.17) is 27.6 Å². The summed E-state index contributed by atoms with van der Waals surface area (Å²) in [5, 5.41) is -0.619. The van der Waals surface area contributed by atoms with Gasteiger partial charge in [-0.05, 0) is 42.2 Å². The van der Waals surface area contributed by atoms with Crippen LogP contribution >= 0.6 is 23.2 Å². The van der Waals surface area contributed by atoms with E-state index in [0.29, 0.717) is 66.2 Å². The molecule has 0 bridgehead atoms. The standard InChI is InChI=1S/C34H35Cl2N3O7S2/c1-2-17-37-28-22-26(35)27(36)23-30(28)39(19-9-14-34(39)48(43,44)45)32(37)12-8-13-33-38(18-6-7-20-47(40,41)42)29-21-25(15-16-31(29)46-33)24-10-4-3-5-11-24/h3-5,8,10-13,15-16,21-23,34H,2,6-7,9,14,17-20H2,1H3/p+1. The minimum absolute atomic E-state index is 0.168. The summed E-state index contributed by atoms with van der Waals surface area (Å²) >= 11 is 12.9. The first kappa shape index (κ1) is 34.6. The number of hydrogen-bond donors (Lipinski definition) is 1. The van der Waals surface area contributed by atoms with Crippen molar-refractivity contribution in [1.29, 1.82) is 0 Å². The maximum atomic E-state index is 12.8. The molecule has 2 aliphatic heterocycles. The van der Waals surface area contributed by atoms with Gasteiger partial charge >= 0.3 is 5.89 Å². The van der Waals surface area contributed by atoms with Gasteiger partial charge < -0.3 is 8.97 Å². The summed E-state index contributed by atoms with van der Waals surface area (Å²) in [5.41, 5.74) is 4.79. The van der Waals surface area contributed by atoms with Crippen molar-refractivity contribution in [2.75, 3.05) is 23.7 Å². The Morgan fingerprint density at radius 1 is 1.04 bits per heavy atom. The number of allylic oxidation sites excluding steroid dienone is 2. The molecular weight excluding hydrogens is 697 g/mol. The van der Waals surface area contributed by atoms with Gasteiger partial charge in [-0.25, -0.2) is 12.9 Å². The van der Waals surface area contributed by atoms with Crippen molar-refractivity contribution in [1.82, 2.24) is 4.48 Å². The molecule has 1 fully saturated rings. The summed E-state index contributed by atoms with van der Waals surface area (Å²) in [6.07, 6.45) is 7.58. The topological polar surface area (TPSA) is 132 Å². The highest BCUT2D eigenvalue weighted by atomic mass is 35.5. The highest BCUT2D eigenvalue weighted by molar-refractivity contribution is 7.86. The predicted molar refractivity (Wildman–Crippen MR) is 188 cm³/mol. The fourth-order valence-corrected chi connectivity index (χ4v) is 9.13. The number of rotatable bonds is 11. The van der Waals surface area contributed by atoms with Gasteiger partial charge in [0.2, 0.25) is 11.4 Å². The first-order valence-corrected chi connectivity index (χ1v) is 19.6. The molecule has 0 aliphatic carbocycles. The quantitative estimate of drug-likeness (QED) is 0.0747. The van der Waals surface area contributed by atoms with Crippen molar-refractivity contribution in [2.24, 2.45) is 0 Å². The number of oxazole rings is 1. The van der Waals surface area contributed by atoms with Gasteiger partial charge in [0.25, 0.3) is 15.6 Å². The van der Waals surface area contributed by atoms with Crippen molar-refractivity contribution >= 4 is 72.0 Å². The summed E-state index contributed by atoms with van der Waals surface area (Å²) in [7, 11) is -8.80. The van der Waals surface area contributed by atoms with Gasteiger partial charge in [-0.2, -0.15) is 13.0 Å². The molecule has 4 aromatic rings. The largest absolute Gasteiger partial charge is 0.743 e. The summed E-state index contributed by atoms with van der Waals surface area (Å²) < 4.78 is 78.3. The number of hydrogen-bond acceptors (Lipinski definition) is 7. The lowest BCUT2D eigenvalue weighted by Gasteiger charge is -2.37. The Morgan fingerprint density at radius 3 is 2.50 bits per heavy atom. The Kier molecular flexibility index (Phi) is 9.80. The number of aryl methyl sites for hydroxylation is 1. The Hall–Kier alpha value is -3.23. The molecule has 1 saturated heterocycles. The van der Waals surface area contributed by atoms with Gasteiger partial charge in [-0.3, -0.25) is 9.45 Å². The van der Waals surface area contributed by atoms with Crippen LogP contribution in [-0.2, 0) is 26.8 Å². The fourth-order valence-electron chi connectivity index (χ4n) is 7.02. The number of quaternary nitrogens is 1. The SMILES string of the molecule is CCCN1C(=CC=Cc2oc3ccc(-c4ccccc4)cc3[n+]2CCCCS(=O)(=O)O)[N+]2(CCCC2S(=O)(=O)[O-])c2cc(Cl)c(Cl)cc21. The second-order valence-corrected chi connectivity index (χ2v) is 16.0. The molecular formula is C34H36Cl2N3O7S2+. The molecule has 1 N–H and O–H groups in total. The van der Waals surface area contributed by atoms with Crippen LogP contribution in [0.25, 0.3) is 28.3 Å². The van der Waals surface area contributed by atoms with Crippen LogP contribution in [0.15, 0.2) is 83.1 Å². The first-order valence-electron chi connectivity index (χ1n) is 15.8. The number of halogens is 2. The molecule has 48 heavy (non-hydrogen) atoms. The van der Waals surface area contributed by atoms with E-state index in [1.807, 2.05) is 71.0 Å². The molecule has 14 heteroatoms. The lowest BCUT2D eigenvalue weighted by atomic mass is 10.1. The Morgan fingerprint density at radius 2 is 1.79 bits per heavy atom. The van der Waals surface area contributed by atoms with Gasteiger partial charge in [0.05, 0.1) is 28.4 Å². The van der Waals surface area contributed by atoms with E-state index >= 15 is 0 Å². The number of fused-ring (bicyclic) bond motifs is 3. The molecule has 2 unspecified atom stereocenters. The van der Waals surface area contributed by atoms with Gasteiger partial charge in [0.1, 0.15) is 5.69 Å². The summed E-state index contributed by atoms with van der Waals surface area (Å²) in [5.74, 6) is 0.774. The van der Waals surface area contributed by atoms with Crippen LogP contribution in [0.4, 0.5) is 11.4 Å². The monoisotopic (exact) mass is 732 g/mol. The minimum atomic E-state index is -4.71. The second-order valence-electron chi connectivity index (χ2n) is 12.1. The van der Waals surface area contributed by atoms with E-state index in [9.17, 15) is 25.9 Å².